The summed E-state index contributed by atoms with van der Waals surface area (Å²) in [5.74, 6) is -1.97. The van der Waals surface area contributed by atoms with Crippen LogP contribution in [0.5, 0.6) is 5.75 Å². The number of nitrogens with zero attached hydrogens (tertiary/aromatic N) is 3. The summed E-state index contributed by atoms with van der Waals surface area (Å²) >= 11 is 0. The average Bonchev–Trinajstić information content (AvgIpc) is 3.10. The largest absolute Gasteiger partial charge is 0.416 e. The molecule has 0 atom stereocenters. The van der Waals surface area contributed by atoms with Crippen molar-refractivity contribution in [1.82, 2.24) is 14.9 Å². The van der Waals surface area contributed by atoms with Gasteiger partial charge in [0.05, 0.1) is 23.8 Å². The van der Waals surface area contributed by atoms with Crippen molar-refractivity contribution >= 4 is 11.6 Å². The van der Waals surface area contributed by atoms with Crippen molar-refractivity contribution in [2.75, 3.05) is 13.1 Å². The molecule has 1 N–H and O–H groups in total. The third-order valence-electron chi connectivity index (χ3n) is 3.99. The van der Waals surface area contributed by atoms with E-state index in [0.717, 1.165) is 24.3 Å². The van der Waals surface area contributed by atoms with Gasteiger partial charge in [0.25, 0.3) is 5.91 Å². The van der Waals surface area contributed by atoms with E-state index in [1.807, 2.05) is 0 Å². The molecule has 1 saturated heterocycles. The van der Waals surface area contributed by atoms with Crippen LogP contribution >= 0.6 is 0 Å². The molecule has 1 amide bonds. The van der Waals surface area contributed by atoms with Gasteiger partial charge in [0.15, 0.2) is 11.6 Å². The van der Waals surface area contributed by atoms with E-state index in [9.17, 15) is 22.4 Å². The summed E-state index contributed by atoms with van der Waals surface area (Å²) in [5.41, 5.74) is 0.145. The van der Waals surface area contributed by atoms with E-state index >= 15 is 0 Å². The molecule has 1 aliphatic heterocycles. The number of imidazole rings is 1. The minimum absolute atomic E-state index is 0.115. The molecule has 1 aliphatic rings. The Labute approximate surface area is 151 Å². The van der Waals surface area contributed by atoms with Crippen molar-refractivity contribution in [1.29, 1.82) is 0 Å². The van der Waals surface area contributed by atoms with E-state index in [1.165, 1.54) is 17.4 Å². The van der Waals surface area contributed by atoms with Crippen LogP contribution in [0.4, 0.5) is 17.6 Å². The highest BCUT2D eigenvalue weighted by Crippen LogP contribution is 2.30. The minimum atomic E-state index is -4.44. The first kappa shape index (κ1) is 18.6. The maximum absolute atomic E-state index is 12.9. The van der Waals surface area contributed by atoms with Crippen LogP contribution in [0, 0.1) is 5.92 Å². The van der Waals surface area contributed by atoms with Crippen molar-refractivity contribution in [3.8, 4) is 5.75 Å². The first-order chi connectivity index (χ1) is 12.8. The Bertz CT molecular complexity index is 854. The average molecular weight is 382 g/mol. The fourth-order valence-corrected chi connectivity index (χ4v) is 2.54. The summed E-state index contributed by atoms with van der Waals surface area (Å²) in [6.07, 6.45) is -1.52. The number of hydrogen-bond donors (Lipinski definition) is 1. The normalized spacial score (nSPS) is 15.4. The number of oxime groups is 1. The zero-order valence-electron chi connectivity index (χ0n) is 13.8. The number of nitrogens with one attached hydrogen (secondary N) is 1. The zero-order valence-corrected chi connectivity index (χ0v) is 13.8. The van der Waals surface area contributed by atoms with Crippen LogP contribution < -0.4 is 4.84 Å². The third kappa shape index (κ3) is 4.15. The Morgan fingerprint density at radius 1 is 1.30 bits per heavy atom. The SMILES string of the molecule is C=C(F)C(=O)N1CC(C(=NOc2ccc(C(F)(F)F)cc2)c2cnc[nH]2)C1. The van der Waals surface area contributed by atoms with Gasteiger partial charge in [-0.05, 0) is 24.3 Å². The highest BCUT2D eigenvalue weighted by atomic mass is 19.4. The van der Waals surface area contributed by atoms with Gasteiger partial charge in [-0.2, -0.15) is 13.2 Å². The molecule has 2 aromatic rings. The van der Waals surface area contributed by atoms with Crippen molar-refractivity contribution in [3.63, 3.8) is 0 Å². The molecule has 27 heavy (non-hydrogen) atoms. The Balaban J connectivity index is 1.73. The topological polar surface area (TPSA) is 70.6 Å². The number of amides is 1. The first-order valence-corrected chi connectivity index (χ1v) is 7.80. The summed E-state index contributed by atoms with van der Waals surface area (Å²) in [5, 5.41) is 4.00. The summed E-state index contributed by atoms with van der Waals surface area (Å²) in [6, 6.07) is 4.08. The highest BCUT2D eigenvalue weighted by Gasteiger charge is 2.36. The first-order valence-electron chi connectivity index (χ1n) is 7.80. The Morgan fingerprint density at radius 3 is 2.48 bits per heavy atom. The number of benzene rings is 1. The third-order valence-corrected chi connectivity index (χ3v) is 3.99. The second kappa shape index (κ2) is 7.22. The molecule has 142 valence electrons. The molecule has 0 saturated carbocycles. The minimum Gasteiger partial charge on any atom is -0.357 e. The van der Waals surface area contributed by atoms with Crippen molar-refractivity contribution in [2.45, 2.75) is 6.18 Å². The monoisotopic (exact) mass is 382 g/mol. The molecular weight excluding hydrogens is 368 g/mol. The second-order valence-electron chi connectivity index (χ2n) is 5.87. The Hall–Kier alpha value is -3.17. The van der Waals surface area contributed by atoms with Crippen LogP contribution in [-0.4, -0.2) is 39.6 Å². The molecule has 0 aliphatic carbocycles. The van der Waals surface area contributed by atoms with Crippen LogP contribution in [0.15, 0.2) is 54.4 Å². The molecule has 1 aromatic carbocycles. The maximum atomic E-state index is 12.9. The number of H-pyrrole nitrogens is 1. The number of hydrogen-bond acceptors (Lipinski definition) is 4. The van der Waals surface area contributed by atoms with Gasteiger partial charge in [-0.3, -0.25) is 4.79 Å². The maximum Gasteiger partial charge on any atom is 0.416 e. The van der Waals surface area contributed by atoms with Crippen LogP contribution in [-0.2, 0) is 11.0 Å². The van der Waals surface area contributed by atoms with Crippen LogP contribution in [0.1, 0.15) is 11.3 Å². The van der Waals surface area contributed by atoms with E-state index in [-0.39, 0.29) is 24.8 Å². The number of carbonyl (C=O) groups is 1. The molecule has 0 spiro atoms. The van der Waals surface area contributed by atoms with Gasteiger partial charge in [-0.15, -0.1) is 0 Å². The smallest absolute Gasteiger partial charge is 0.357 e. The summed E-state index contributed by atoms with van der Waals surface area (Å²) in [6.45, 7) is 3.38. The van der Waals surface area contributed by atoms with Gasteiger partial charge in [0.1, 0.15) is 5.71 Å². The Kier molecular flexibility index (Phi) is 4.98. The van der Waals surface area contributed by atoms with E-state index in [4.69, 9.17) is 4.84 Å². The van der Waals surface area contributed by atoms with Crippen LogP contribution in [0.3, 0.4) is 0 Å². The second-order valence-corrected chi connectivity index (χ2v) is 5.87. The number of aromatic amines is 1. The molecule has 3 rings (SSSR count). The molecule has 0 radical (unpaired) electrons. The summed E-state index contributed by atoms with van der Waals surface area (Å²) in [7, 11) is 0. The lowest BCUT2D eigenvalue weighted by molar-refractivity contribution is -0.137. The molecule has 0 unspecified atom stereocenters. The number of carbonyl (C=O) groups excluding carboxylic acids is 1. The fraction of sp³-hybridized carbons (Fsp3) is 0.235. The number of rotatable bonds is 5. The molecule has 6 nitrogen and oxygen atoms in total. The van der Waals surface area contributed by atoms with Crippen LogP contribution in [0.2, 0.25) is 0 Å². The molecule has 0 bridgehead atoms. The van der Waals surface area contributed by atoms with Crippen molar-refractivity contribution in [3.05, 3.63) is 60.5 Å². The predicted octanol–water partition coefficient (Wildman–Crippen LogP) is 3.15. The van der Waals surface area contributed by atoms with Gasteiger partial charge in [0.2, 0.25) is 0 Å². The summed E-state index contributed by atoms with van der Waals surface area (Å²) < 4.78 is 50.7. The predicted molar refractivity (Wildman–Crippen MR) is 87.5 cm³/mol. The van der Waals surface area contributed by atoms with Gasteiger partial charge in [-0.1, -0.05) is 11.7 Å². The molecule has 1 aromatic heterocycles. The molecule has 2 heterocycles. The molecule has 1 fully saturated rings. The number of likely N-dealkylation sites (tertiary alicyclic amines) is 1. The number of aromatic nitrogens is 2. The lowest BCUT2D eigenvalue weighted by Gasteiger charge is -2.38. The fourth-order valence-electron chi connectivity index (χ4n) is 2.54. The lowest BCUT2D eigenvalue weighted by atomic mass is 9.92. The van der Waals surface area contributed by atoms with Gasteiger partial charge >= 0.3 is 6.18 Å². The standard InChI is InChI=1S/C17H14F4N4O2/c1-10(18)16(26)25-7-11(8-25)15(14-6-22-9-23-14)24-27-13-4-2-12(3-5-13)17(19,20)21/h2-6,9,11H,1,7-8H2,(H,22,23). The number of halogens is 4. The van der Waals surface area contributed by atoms with Crippen molar-refractivity contribution in [2.24, 2.45) is 11.1 Å². The van der Waals surface area contributed by atoms with E-state index in [2.05, 4.69) is 21.7 Å². The van der Waals surface area contributed by atoms with E-state index in [1.54, 1.807) is 0 Å². The zero-order chi connectivity index (χ0) is 19.6. The molecular formula is C17H14F4N4O2. The summed E-state index contributed by atoms with van der Waals surface area (Å²) in [4.78, 5) is 24.8. The van der Waals surface area contributed by atoms with Gasteiger partial charge in [0, 0.05) is 19.0 Å². The van der Waals surface area contributed by atoms with Crippen molar-refractivity contribution < 1.29 is 27.2 Å². The number of alkyl halides is 3. The van der Waals surface area contributed by atoms with Crippen LogP contribution in [0.25, 0.3) is 0 Å². The quantitative estimate of drug-likeness (QED) is 0.374. The highest BCUT2D eigenvalue weighted by molar-refractivity contribution is 6.02. The molecule has 10 heteroatoms. The van der Waals surface area contributed by atoms with E-state index < -0.39 is 23.5 Å². The van der Waals surface area contributed by atoms with E-state index in [0.29, 0.717) is 11.4 Å². The van der Waals surface area contributed by atoms with Gasteiger partial charge in [-0.25, -0.2) is 9.37 Å². The van der Waals surface area contributed by atoms with Gasteiger partial charge < -0.3 is 14.7 Å². The Morgan fingerprint density at radius 2 is 1.96 bits per heavy atom. The lowest BCUT2D eigenvalue weighted by Crippen LogP contribution is -2.53.